The third-order valence-electron chi connectivity index (χ3n) is 13.0. The molecule has 0 saturated carbocycles. The first kappa shape index (κ1) is 30.3. The van der Waals surface area contributed by atoms with E-state index in [1.165, 1.54) is 4.57 Å². The molecule has 0 spiro atoms. The van der Waals surface area contributed by atoms with E-state index < -0.39 is 91.5 Å². The third kappa shape index (κ3) is 9.79. The van der Waals surface area contributed by atoms with Crippen LogP contribution in [0.15, 0.2) is 164 Å². The molecule has 0 bridgehead atoms. The Labute approximate surface area is 451 Å². The van der Waals surface area contributed by atoms with Gasteiger partial charge < -0.3 is 5.11 Å². The van der Waals surface area contributed by atoms with Crippen molar-refractivity contribution in [2.75, 3.05) is 0 Å². The van der Waals surface area contributed by atoms with Crippen LogP contribution in [0.2, 0.25) is 0 Å². The molecule has 0 fully saturated rings. The van der Waals surface area contributed by atoms with Crippen LogP contribution in [0.5, 0.6) is 5.75 Å². The van der Waals surface area contributed by atoms with Crippen molar-refractivity contribution in [1.82, 2.24) is 14.5 Å². The number of phenols is 1. The van der Waals surface area contributed by atoms with Crippen molar-refractivity contribution in [3.8, 4) is 78.6 Å². The van der Waals surface area contributed by atoms with Gasteiger partial charge in [-0.1, -0.05) is 208 Å². The molecular weight excluding hydrogens is 1020 g/mol. The van der Waals surface area contributed by atoms with Crippen LogP contribution in [0.1, 0.15) is 136 Å². The fourth-order valence-corrected chi connectivity index (χ4v) is 8.66. The van der Waals surface area contributed by atoms with E-state index in [-0.39, 0.29) is 32.1 Å². The summed E-state index contributed by atoms with van der Waals surface area (Å²) in [6.07, 6.45) is 2.37. The quantitative estimate of drug-likeness (QED) is 0.139. The second-order valence-electron chi connectivity index (χ2n) is 18.3. The minimum absolute atomic E-state index is 0. The molecule has 7 aromatic carbocycles. The number of phenolic OH excluding ortho intramolecular Hbond substituents is 1. The maximum atomic E-state index is 13.2. The summed E-state index contributed by atoms with van der Waals surface area (Å²) in [5, 5.41) is 13.2. The van der Waals surface area contributed by atoms with E-state index in [0.717, 1.165) is 33.9 Å². The number of para-hydroxylation sites is 1. The molecular formula is C64H64N3OPt-. The SMILES string of the molecule is [2H]C(C)(C)c1ccc(-c2ccnc(-c3[c-]c(-c4cccc5c4nc(-c4cc(C(C([2H])([2H])[2H])(C([2H])([2H])[2H])C([2H])([2H])[2H])cc(C(C([2H])([2H])[2H])(C([2H])([2H])[2H])C([2H])([2H])[2H])c4O)n5-c4ccc(C(C)(C)CC)cc4-c4ccccc4)cc(-c4ccccc4)c3)c2)cc1.[Pt]. The van der Waals surface area contributed by atoms with E-state index in [1.54, 1.807) is 30.5 Å². The number of imidazole rings is 1. The first-order valence-corrected chi connectivity index (χ1v) is 22.5. The fourth-order valence-electron chi connectivity index (χ4n) is 8.66. The van der Waals surface area contributed by atoms with Crippen molar-refractivity contribution < 1.29 is 52.2 Å². The molecule has 2 heterocycles. The van der Waals surface area contributed by atoms with E-state index in [0.29, 0.717) is 57.2 Å². The minimum Gasteiger partial charge on any atom is -0.507 e. The molecule has 9 rings (SSSR count). The maximum absolute atomic E-state index is 13.2. The van der Waals surface area contributed by atoms with Crippen LogP contribution < -0.4 is 0 Å². The van der Waals surface area contributed by atoms with E-state index in [1.807, 2.05) is 142 Å². The Kier molecular flexibility index (Phi) is 8.43. The molecule has 0 atom stereocenters. The van der Waals surface area contributed by atoms with Crippen molar-refractivity contribution in [1.29, 1.82) is 0 Å². The number of pyridine rings is 1. The van der Waals surface area contributed by atoms with Gasteiger partial charge in [0.15, 0.2) is 0 Å². The fraction of sp³-hybridized carbons (Fsp3) is 0.250. The van der Waals surface area contributed by atoms with Gasteiger partial charge in [0.2, 0.25) is 0 Å². The largest absolute Gasteiger partial charge is 0.507 e. The Balaban J connectivity index is 0.0000100. The first-order valence-electron chi connectivity index (χ1n) is 32.0. The minimum atomic E-state index is -4.16. The van der Waals surface area contributed by atoms with Gasteiger partial charge in [-0.3, -0.25) is 9.55 Å². The summed E-state index contributed by atoms with van der Waals surface area (Å²) >= 11 is 0. The Morgan fingerprint density at radius 2 is 1.28 bits per heavy atom. The molecule has 0 radical (unpaired) electrons. The van der Waals surface area contributed by atoms with Gasteiger partial charge >= 0.3 is 0 Å². The summed E-state index contributed by atoms with van der Waals surface area (Å²) in [6.45, 7) is -14.9. The molecule has 5 heteroatoms. The molecule has 4 nitrogen and oxygen atoms in total. The Morgan fingerprint density at radius 3 is 1.94 bits per heavy atom. The average Bonchev–Trinajstić information content (AvgIpc) is 0.786. The standard InChI is InChI=1S/C64H64N3O.Pt/c1-12-64(10,11)50-30-31-57(53(38-50)45-22-17-14-18-23-45)67-58-25-19-24-52(59(58)66-61(67)54-39-51(62(4,5)6)40-55(60(54)68)63(7,8)9)48-34-47(43-20-15-13-16-21-43)35-49(36-48)56-37-46(32-33-65-56)44-28-26-42(27-29-44)41(2)3;/h13-35,37-41,68H,12H2,1-11H3;/q-1;/i4D3,5D3,6D3,7D3,8D3,9D3,41D;. The first-order chi connectivity index (χ1) is 40.2. The number of benzene rings is 7. The molecule has 9 aromatic rings. The number of hydrogen-bond acceptors (Lipinski definition) is 3. The van der Waals surface area contributed by atoms with E-state index in [9.17, 15) is 5.11 Å². The number of rotatable bonds is 10. The van der Waals surface area contributed by atoms with Crippen LogP contribution in [-0.4, -0.2) is 19.6 Å². The Morgan fingerprint density at radius 1 is 0.623 bits per heavy atom. The van der Waals surface area contributed by atoms with Crippen LogP contribution in [-0.2, 0) is 37.3 Å². The molecule has 1 N–H and O–H groups in total. The Hall–Kier alpha value is -6.35. The predicted molar refractivity (Wildman–Crippen MR) is 287 cm³/mol. The van der Waals surface area contributed by atoms with Crippen molar-refractivity contribution in [3.05, 3.63) is 192 Å². The van der Waals surface area contributed by atoms with Gasteiger partial charge in [0.05, 0.1) is 22.3 Å². The number of aromatic hydroxyl groups is 1. The number of aromatic nitrogens is 3. The van der Waals surface area contributed by atoms with Crippen molar-refractivity contribution in [3.63, 3.8) is 0 Å². The summed E-state index contributed by atoms with van der Waals surface area (Å²) in [6, 6.07) is 49.2. The van der Waals surface area contributed by atoms with Crippen LogP contribution >= 0.6 is 0 Å². The normalized spacial score (nSPS) is 17.4. The molecule has 0 aliphatic heterocycles. The zero-order chi connectivity index (χ0) is 64.0. The number of nitrogens with zero attached hydrogens (tertiary/aromatic N) is 3. The smallest absolute Gasteiger partial charge is 0.148 e. The van der Waals surface area contributed by atoms with Gasteiger partial charge in [-0.25, -0.2) is 4.98 Å². The summed E-state index contributed by atoms with van der Waals surface area (Å²) in [5.41, 5.74) is -3.45. The van der Waals surface area contributed by atoms with Gasteiger partial charge in [-0.15, -0.1) is 23.8 Å². The zero-order valence-corrected chi connectivity index (χ0v) is 41.2. The summed E-state index contributed by atoms with van der Waals surface area (Å²) in [5.74, 6) is -2.63. The van der Waals surface area contributed by atoms with Gasteiger partial charge in [-0.05, 0) is 97.8 Å². The van der Waals surface area contributed by atoms with Gasteiger partial charge in [0.1, 0.15) is 11.6 Å². The average molecular weight is 1110 g/mol. The van der Waals surface area contributed by atoms with Crippen LogP contribution in [0.4, 0.5) is 0 Å². The van der Waals surface area contributed by atoms with E-state index >= 15 is 0 Å². The van der Waals surface area contributed by atoms with Gasteiger partial charge in [0, 0.05) is 70.1 Å². The summed E-state index contributed by atoms with van der Waals surface area (Å²) < 4.78 is 169. The third-order valence-corrected chi connectivity index (χ3v) is 13.0. The number of fused-ring (bicyclic) bond motifs is 1. The van der Waals surface area contributed by atoms with Gasteiger partial charge in [0.25, 0.3) is 0 Å². The molecule has 2 aromatic heterocycles. The van der Waals surface area contributed by atoms with E-state index in [4.69, 9.17) is 36.0 Å². The summed E-state index contributed by atoms with van der Waals surface area (Å²) in [4.78, 5) is 10.0. The maximum Gasteiger partial charge on any atom is 0.148 e. The molecule has 69 heavy (non-hydrogen) atoms. The van der Waals surface area contributed by atoms with Crippen molar-refractivity contribution >= 4 is 11.0 Å². The van der Waals surface area contributed by atoms with Crippen molar-refractivity contribution in [2.45, 2.75) is 104 Å². The number of hydrogen-bond donors (Lipinski definition) is 1. The van der Waals surface area contributed by atoms with Gasteiger partial charge in [-0.2, -0.15) is 0 Å². The van der Waals surface area contributed by atoms with Crippen LogP contribution in [0.25, 0.3) is 83.9 Å². The molecule has 0 aliphatic rings. The second kappa shape index (κ2) is 19.2. The van der Waals surface area contributed by atoms with Crippen LogP contribution in [0.3, 0.4) is 0 Å². The molecule has 352 valence electrons. The van der Waals surface area contributed by atoms with E-state index in [2.05, 4.69) is 19.9 Å². The zero-order valence-electron chi connectivity index (χ0n) is 57.9. The Bertz CT molecular complexity index is 3950. The predicted octanol–water partition coefficient (Wildman–Crippen LogP) is 17.3. The topological polar surface area (TPSA) is 50.9 Å². The van der Waals surface area contributed by atoms with Crippen LogP contribution in [0, 0.1) is 6.07 Å². The molecule has 0 unspecified atom stereocenters. The molecule has 0 saturated heterocycles. The monoisotopic (exact) mass is 1100 g/mol. The molecule has 0 amide bonds. The summed E-state index contributed by atoms with van der Waals surface area (Å²) in [7, 11) is 0. The molecule has 0 aliphatic carbocycles. The second-order valence-corrected chi connectivity index (χ2v) is 18.3. The van der Waals surface area contributed by atoms with Crippen molar-refractivity contribution in [2.24, 2.45) is 0 Å².